The van der Waals surface area contributed by atoms with Crippen molar-refractivity contribution in [2.24, 2.45) is 0 Å². The number of hydrogen-bond donors (Lipinski definition) is 3. The van der Waals surface area contributed by atoms with Crippen LogP contribution >= 0.6 is 0 Å². The van der Waals surface area contributed by atoms with Gasteiger partial charge in [-0.05, 0) is 31.0 Å². The average molecular weight is 219 g/mol. The van der Waals surface area contributed by atoms with Crippen molar-refractivity contribution in [3.05, 3.63) is 23.8 Å². The molecule has 1 aromatic carbocycles. The third-order valence-corrected chi connectivity index (χ3v) is 2.44. The van der Waals surface area contributed by atoms with Crippen LogP contribution in [0.25, 0.3) is 0 Å². The average Bonchev–Trinajstić information content (AvgIpc) is 2.30. The molecule has 0 aromatic heterocycles. The van der Waals surface area contributed by atoms with Gasteiger partial charge in [0.2, 0.25) is 0 Å². The van der Waals surface area contributed by atoms with E-state index < -0.39 is 0 Å². The van der Waals surface area contributed by atoms with Crippen molar-refractivity contribution >= 4 is 11.4 Å². The van der Waals surface area contributed by atoms with Crippen molar-refractivity contribution in [1.29, 1.82) is 5.26 Å². The maximum Gasteiger partial charge on any atom is 0.0992 e. The second-order valence-electron chi connectivity index (χ2n) is 3.69. The molecule has 0 aliphatic heterocycles. The summed E-state index contributed by atoms with van der Waals surface area (Å²) in [5, 5.41) is 21.2. The number of nitriles is 1. The normalized spacial score (nSPS) is 11.8. The number of aliphatic hydroxyl groups excluding tert-OH is 1. The molecule has 0 aliphatic rings. The third kappa shape index (κ3) is 3.44. The second kappa shape index (κ2) is 5.99. The van der Waals surface area contributed by atoms with Crippen molar-refractivity contribution in [3.63, 3.8) is 0 Å². The molecular weight excluding hydrogens is 202 g/mol. The fourth-order valence-corrected chi connectivity index (χ4v) is 1.37. The predicted molar refractivity (Wildman–Crippen MR) is 65.0 cm³/mol. The highest BCUT2D eigenvalue weighted by molar-refractivity contribution is 5.68. The summed E-state index contributed by atoms with van der Waals surface area (Å²) >= 11 is 0. The minimum absolute atomic E-state index is 0.271. The lowest BCUT2D eigenvalue weighted by molar-refractivity contribution is 0.164. The minimum Gasteiger partial charge on any atom is -0.397 e. The lowest BCUT2D eigenvalue weighted by Gasteiger charge is -2.11. The highest BCUT2D eigenvalue weighted by Crippen LogP contribution is 2.19. The van der Waals surface area contributed by atoms with Crippen LogP contribution in [-0.4, -0.2) is 17.8 Å². The number of anilines is 2. The Hall–Kier alpha value is -1.73. The Morgan fingerprint density at radius 1 is 1.56 bits per heavy atom. The number of benzene rings is 1. The molecule has 1 atom stereocenters. The van der Waals surface area contributed by atoms with E-state index in [-0.39, 0.29) is 6.10 Å². The molecular formula is C12H17N3O. The number of nitrogen functional groups attached to an aromatic ring is 1. The molecule has 0 heterocycles. The molecule has 4 nitrogen and oxygen atoms in total. The Morgan fingerprint density at radius 2 is 2.31 bits per heavy atom. The molecule has 0 radical (unpaired) electrons. The SMILES string of the molecule is CCC(O)CCNc1ccc(C#N)cc1N. The second-order valence-corrected chi connectivity index (χ2v) is 3.69. The lowest BCUT2D eigenvalue weighted by Crippen LogP contribution is -2.13. The van der Waals surface area contributed by atoms with Crippen LogP contribution in [0.5, 0.6) is 0 Å². The first-order valence-corrected chi connectivity index (χ1v) is 5.39. The van der Waals surface area contributed by atoms with Crippen LogP contribution in [0, 0.1) is 11.3 Å². The Balaban J connectivity index is 2.52. The summed E-state index contributed by atoms with van der Waals surface area (Å²) in [6, 6.07) is 7.17. The maximum atomic E-state index is 9.37. The fourth-order valence-electron chi connectivity index (χ4n) is 1.37. The Labute approximate surface area is 95.7 Å². The predicted octanol–water partition coefficient (Wildman–Crippen LogP) is 1.71. The molecule has 0 amide bonds. The number of rotatable bonds is 5. The maximum absolute atomic E-state index is 9.37. The summed E-state index contributed by atoms with van der Waals surface area (Å²) in [6.07, 6.45) is 1.17. The summed E-state index contributed by atoms with van der Waals surface area (Å²) in [5.41, 5.74) is 7.69. The van der Waals surface area contributed by atoms with Gasteiger partial charge in [0.25, 0.3) is 0 Å². The van der Waals surface area contributed by atoms with Crippen LogP contribution in [0.2, 0.25) is 0 Å². The first-order valence-electron chi connectivity index (χ1n) is 5.39. The molecule has 86 valence electrons. The number of nitrogens with one attached hydrogen (secondary N) is 1. The molecule has 4 N–H and O–H groups in total. The van der Waals surface area contributed by atoms with E-state index in [1.54, 1.807) is 18.2 Å². The van der Waals surface area contributed by atoms with Crippen LogP contribution in [0.4, 0.5) is 11.4 Å². The van der Waals surface area contributed by atoms with Gasteiger partial charge in [-0.25, -0.2) is 0 Å². The van der Waals surface area contributed by atoms with Gasteiger partial charge >= 0.3 is 0 Å². The van der Waals surface area contributed by atoms with Crippen LogP contribution in [-0.2, 0) is 0 Å². The van der Waals surface area contributed by atoms with Crippen molar-refractivity contribution in [2.45, 2.75) is 25.9 Å². The molecule has 16 heavy (non-hydrogen) atoms. The van der Waals surface area contributed by atoms with Crippen LogP contribution in [0.15, 0.2) is 18.2 Å². The summed E-state index contributed by atoms with van der Waals surface area (Å²) in [7, 11) is 0. The van der Waals surface area contributed by atoms with Crippen molar-refractivity contribution in [3.8, 4) is 6.07 Å². The van der Waals surface area contributed by atoms with E-state index in [9.17, 15) is 5.11 Å². The standard InChI is InChI=1S/C12H17N3O/c1-2-10(16)5-6-15-12-4-3-9(8-13)7-11(12)14/h3-4,7,10,15-16H,2,5-6,14H2,1H3. The van der Waals surface area contributed by atoms with Crippen LogP contribution in [0.1, 0.15) is 25.3 Å². The molecule has 1 rings (SSSR count). The molecule has 0 spiro atoms. The summed E-state index contributed by atoms with van der Waals surface area (Å²) < 4.78 is 0. The smallest absolute Gasteiger partial charge is 0.0992 e. The topological polar surface area (TPSA) is 82.1 Å². The zero-order valence-corrected chi connectivity index (χ0v) is 9.40. The lowest BCUT2D eigenvalue weighted by atomic mass is 10.1. The van der Waals surface area contributed by atoms with Crippen LogP contribution < -0.4 is 11.1 Å². The van der Waals surface area contributed by atoms with Crippen molar-refractivity contribution < 1.29 is 5.11 Å². The van der Waals surface area contributed by atoms with Gasteiger partial charge < -0.3 is 16.2 Å². The van der Waals surface area contributed by atoms with E-state index in [1.807, 2.05) is 13.0 Å². The molecule has 1 unspecified atom stereocenters. The van der Waals surface area contributed by atoms with Crippen LogP contribution in [0.3, 0.4) is 0 Å². The van der Waals surface area contributed by atoms with E-state index in [4.69, 9.17) is 11.0 Å². The first kappa shape index (κ1) is 12.3. The molecule has 0 saturated carbocycles. The number of nitrogens with two attached hydrogens (primary N) is 1. The van der Waals surface area contributed by atoms with Gasteiger partial charge in [-0.3, -0.25) is 0 Å². The monoisotopic (exact) mass is 219 g/mol. The Bertz CT molecular complexity index is 384. The van der Waals surface area contributed by atoms with E-state index in [0.29, 0.717) is 24.2 Å². The van der Waals surface area contributed by atoms with Crippen molar-refractivity contribution in [1.82, 2.24) is 0 Å². The highest BCUT2D eigenvalue weighted by atomic mass is 16.3. The van der Waals surface area contributed by atoms with Gasteiger partial charge in [0, 0.05) is 6.54 Å². The van der Waals surface area contributed by atoms with Gasteiger partial charge in [0.15, 0.2) is 0 Å². The van der Waals surface area contributed by atoms with Gasteiger partial charge in [-0.1, -0.05) is 6.92 Å². The highest BCUT2D eigenvalue weighted by Gasteiger charge is 2.02. The van der Waals surface area contributed by atoms with E-state index in [0.717, 1.165) is 12.1 Å². The fraction of sp³-hybridized carbons (Fsp3) is 0.417. The zero-order chi connectivity index (χ0) is 12.0. The number of hydrogen-bond acceptors (Lipinski definition) is 4. The molecule has 0 saturated heterocycles. The van der Waals surface area contributed by atoms with Gasteiger partial charge in [-0.2, -0.15) is 5.26 Å². The first-order chi connectivity index (χ1) is 7.67. The van der Waals surface area contributed by atoms with E-state index >= 15 is 0 Å². The number of nitrogens with zero attached hydrogens (tertiary/aromatic N) is 1. The van der Waals surface area contributed by atoms with Crippen molar-refractivity contribution in [2.75, 3.05) is 17.6 Å². The molecule has 1 aromatic rings. The molecule has 4 heteroatoms. The molecule has 0 bridgehead atoms. The summed E-state index contributed by atoms with van der Waals surface area (Å²) in [5.74, 6) is 0. The largest absolute Gasteiger partial charge is 0.397 e. The van der Waals surface area contributed by atoms with Gasteiger partial charge in [-0.15, -0.1) is 0 Å². The quantitative estimate of drug-likeness (QED) is 0.658. The summed E-state index contributed by atoms with van der Waals surface area (Å²) in [6.45, 7) is 2.62. The zero-order valence-electron chi connectivity index (χ0n) is 9.40. The number of aliphatic hydroxyl groups is 1. The Kier molecular flexibility index (Phi) is 4.62. The Morgan fingerprint density at radius 3 is 2.88 bits per heavy atom. The molecule has 0 aliphatic carbocycles. The van der Waals surface area contributed by atoms with Gasteiger partial charge in [0.05, 0.1) is 29.1 Å². The minimum atomic E-state index is -0.271. The van der Waals surface area contributed by atoms with E-state index in [2.05, 4.69) is 5.32 Å². The third-order valence-electron chi connectivity index (χ3n) is 2.44. The summed E-state index contributed by atoms with van der Waals surface area (Å²) in [4.78, 5) is 0. The van der Waals surface area contributed by atoms with Gasteiger partial charge in [0.1, 0.15) is 0 Å². The van der Waals surface area contributed by atoms with E-state index in [1.165, 1.54) is 0 Å². The molecule has 0 fully saturated rings.